The highest BCUT2D eigenvalue weighted by atomic mass is 35.5. The van der Waals surface area contributed by atoms with Crippen LogP contribution in [0.4, 0.5) is 23.7 Å². The molecular weight excluding hydrogens is 357 g/mol. The van der Waals surface area contributed by atoms with E-state index in [-0.39, 0.29) is 23.5 Å². The summed E-state index contributed by atoms with van der Waals surface area (Å²) in [5.41, 5.74) is -1.03. The molecular formula is C17H20ClF3N2O2. The lowest BCUT2D eigenvalue weighted by atomic mass is 9.95. The molecule has 1 saturated carbocycles. The number of hydrogen-bond acceptors (Lipinski definition) is 2. The van der Waals surface area contributed by atoms with E-state index in [4.69, 9.17) is 11.6 Å². The molecule has 4 nitrogen and oxygen atoms in total. The molecule has 25 heavy (non-hydrogen) atoms. The minimum absolute atomic E-state index is 0.0152. The van der Waals surface area contributed by atoms with E-state index < -0.39 is 23.7 Å². The van der Waals surface area contributed by atoms with E-state index in [1.807, 2.05) is 0 Å². The smallest absolute Gasteiger partial charge is 0.333 e. The van der Waals surface area contributed by atoms with Crippen LogP contribution in [0.1, 0.15) is 44.6 Å². The molecule has 2 atom stereocenters. The SMILES string of the molecule is CCC(=O)N(C(=O)NC1CCCCC1Cl)c1cccc(C(F)(F)F)c1. The number of anilines is 1. The van der Waals surface area contributed by atoms with Gasteiger partial charge >= 0.3 is 12.2 Å². The van der Waals surface area contributed by atoms with Gasteiger partial charge in [0.15, 0.2) is 0 Å². The van der Waals surface area contributed by atoms with Crippen LogP contribution in [0.25, 0.3) is 0 Å². The summed E-state index contributed by atoms with van der Waals surface area (Å²) in [7, 11) is 0. The lowest BCUT2D eigenvalue weighted by Crippen LogP contribution is -2.51. The number of alkyl halides is 4. The van der Waals surface area contributed by atoms with Crippen LogP contribution in [0.15, 0.2) is 24.3 Å². The fraction of sp³-hybridized carbons (Fsp3) is 0.529. The fourth-order valence-electron chi connectivity index (χ4n) is 2.83. The molecule has 0 spiro atoms. The second kappa shape index (κ2) is 8.08. The Morgan fingerprint density at radius 3 is 2.56 bits per heavy atom. The second-order valence-corrected chi connectivity index (χ2v) is 6.55. The molecule has 0 aliphatic heterocycles. The summed E-state index contributed by atoms with van der Waals surface area (Å²) >= 11 is 6.21. The maximum Gasteiger partial charge on any atom is 0.416 e. The van der Waals surface area contributed by atoms with E-state index in [1.54, 1.807) is 6.92 Å². The fourth-order valence-corrected chi connectivity index (χ4v) is 3.17. The summed E-state index contributed by atoms with van der Waals surface area (Å²) in [6.07, 6.45) is -1.28. The molecule has 2 unspecified atom stereocenters. The Bertz CT molecular complexity index is 637. The number of amides is 3. The molecule has 1 aliphatic carbocycles. The van der Waals surface area contributed by atoms with Gasteiger partial charge < -0.3 is 5.32 Å². The first-order valence-electron chi connectivity index (χ1n) is 8.18. The molecule has 0 aromatic heterocycles. The van der Waals surface area contributed by atoms with Gasteiger partial charge in [-0.2, -0.15) is 13.2 Å². The average Bonchev–Trinajstić information content (AvgIpc) is 2.56. The van der Waals surface area contributed by atoms with Crippen LogP contribution in [0.5, 0.6) is 0 Å². The van der Waals surface area contributed by atoms with Crippen molar-refractivity contribution in [2.75, 3.05) is 4.90 Å². The Balaban J connectivity index is 2.27. The number of nitrogens with zero attached hydrogens (tertiary/aromatic N) is 1. The van der Waals surface area contributed by atoms with E-state index in [1.165, 1.54) is 12.1 Å². The molecule has 138 valence electrons. The van der Waals surface area contributed by atoms with Gasteiger partial charge in [0.25, 0.3) is 0 Å². The van der Waals surface area contributed by atoms with Gasteiger partial charge in [-0.25, -0.2) is 9.69 Å². The van der Waals surface area contributed by atoms with Gasteiger partial charge in [-0.1, -0.05) is 25.8 Å². The lowest BCUT2D eigenvalue weighted by molar-refractivity contribution is -0.137. The zero-order valence-electron chi connectivity index (χ0n) is 13.8. The van der Waals surface area contributed by atoms with Crippen molar-refractivity contribution in [2.45, 2.75) is 56.6 Å². The molecule has 0 saturated heterocycles. The Labute approximate surface area is 149 Å². The number of hydrogen-bond donors (Lipinski definition) is 1. The first-order valence-corrected chi connectivity index (χ1v) is 8.62. The third kappa shape index (κ3) is 4.87. The highest BCUT2D eigenvalue weighted by Crippen LogP contribution is 2.32. The van der Waals surface area contributed by atoms with Crippen LogP contribution in [0.2, 0.25) is 0 Å². The third-order valence-electron chi connectivity index (χ3n) is 4.18. The maximum atomic E-state index is 12.9. The van der Waals surface area contributed by atoms with Crippen LogP contribution in [0, 0.1) is 0 Å². The van der Waals surface area contributed by atoms with Crippen molar-refractivity contribution in [3.63, 3.8) is 0 Å². The van der Waals surface area contributed by atoms with Crippen LogP contribution >= 0.6 is 11.6 Å². The number of nitrogens with one attached hydrogen (secondary N) is 1. The molecule has 0 heterocycles. The predicted molar refractivity (Wildman–Crippen MR) is 89.6 cm³/mol. The van der Waals surface area contributed by atoms with Crippen molar-refractivity contribution in [3.8, 4) is 0 Å². The number of benzene rings is 1. The van der Waals surface area contributed by atoms with Crippen molar-refractivity contribution in [1.82, 2.24) is 5.32 Å². The van der Waals surface area contributed by atoms with Crippen molar-refractivity contribution in [2.24, 2.45) is 0 Å². The van der Waals surface area contributed by atoms with E-state index in [0.29, 0.717) is 6.42 Å². The quantitative estimate of drug-likeness (QED) is 0.777. The minimum atomic E-state index is -4.56. The molecule has 1 aromatic carbocycles. The van der Waals surface area contributed by atoms with Gasteiger partial charge in [-0.3, -0.25) is 4.79 Å². The van der Waals surface area contributed by atoms with Crippen LogP contribution < -0.4 is 10.2 Å². The molecule has 8 heteroatoms. The Morgan fingerprint density at radius 1 is 1.28 bits per heavy atom. The van der Waals surface area contributed by atoms with Crippen LogP contribution in [0.3, 0.4) is 0 Å². The molecule has 3 amide bonds. The second-order valence-electron chi connectivity index (χ2n) is 5.99. The summed E-state index contributed by atoms with van der Waals surface area (Å²) < 4.78 is 38.8. The highest BCUT2D eigenvalue weighted by molar-refractivity contribution is 6.21. The molecule has 0 bridgehead atoms. The van der Waals surface area contributed by atoms with E-state index in [0.717, 1.165) is 36.3 Å². The highest BCUT2D eigenvalue weighted by Gasteiger charge is 2.33. The van der Waals surface area contributed by atoms with Crippen LogP contribution in [-0.4, -0.2) is 23.4 Å². The number of carbonyl (C=O) groups is 2. The van der Waals surface area contributed by atoms with E-state index in [2.05, 4.69) is 5.32 Å². The number of halogens is 4. The van der Waals surface area contributed by atoms with Gasteiger partial charge in [0.05, 0.1) is 16.6 Å². The molecule has 2 rings (SSSR count). The topological polar surface area (TPSA) is 49.4 Å². The standard InChI is InChI=1S/C17H20ClF3N2O2/c1-2-15(24)23(12-7-5-6-11(10-12)17(19,20)21)16(25)22-14-9-4-3-8-13(14)18/h5-7,10,13-14H,2-4,8-9H2,1H3,(H,22,25). The summed E-state index contributed by atoms with van der Waals surface area (Å²) in [5.74, 6) is -0.584. The molecule has 1 fully saturated rings. The van der Waals surface area contributed by atoms with E-state index >= 15 is 0 Å². The Morgan fingerprint density at radius 2 is 1.96 bits per heavy atom. The monoisotopic (exact) mass is 376 g/mol. The molecule has 1 N–H and O–H groups in total. The van der Waals surface area contributed by atoms with Crippen molar-refractivity contribution in [3.05, 3.63) is 29.8 Å². The average molecular weight is 377 g/mol. The summed E-state index contributed by atoms with van der Waals surface area (Å²) in [6, 6.07) is 3.12. The van der Waals surface area contributed by atoms with Gasteiger partial charge in [0, 0.05) is 12.5 Å². The minimum Gasteiger partial charge on any atom is -0.333 e. The van der Waals surface area contributed by atoms with E-state index in [9.17, 15) is 22.8 Å². The summed E-state index contributed by atoms with van der Waals surface area (Å²) in [6.45, 7) is 1.54. The van der Waals surface area contributed by atoms with Crippen molar-refractivity contribution in [1.29, 1.82) is 0 Å². The normalized spacial score (nSPS) is 20.8. The van der Waals surface area contributed by atoms with Gasteiger partial charge in [-0.05, 0) is 31.0 Å². The molecule has 1 aliphatic rings. The van der Waals surface area contributed by atoms with Crippen LogP contribution in [-0.2, 0) is 11.0 Å². The number of rotatable bonds is 3. The third-order valence-corrected chi connectivity index (χ3v) is 4.70. The van der Waals surface area contributed by atoms with Gasteiger partial charge in [0.2, 0.25) is 5.91 Å². The Hall–Kier alpha value is -1.76. The lowest BCUT2D eigenvalue weighted by Gasteiger charge is -2.30. The first-order chi connectivity index (χ1) is 11.7. The zero-order chi connectivity index (χ0) is 18.6. The molecule has 0 radical (unpaired) electrons. The largest absolute Gasteiger partial charge is 0.416 e. The summed E-state index contributed by atoms with van der Waals surface area (Å²) in [5, 5.41) is 2.44. The Kier molecular flexibility index (Phi) is 6.32. The number of imide groups is 1. The predicted octanol–water partition coefficient (Wildman–Crippen LogP) is 4.71. The van der Waals surface area contributed by atoms with Crippen molar-refractivity contribution < 1.29 is 22.8 Å². The van der Waals surface area contributed by atoms with Gasteiger partial charge in [-0.15, -0.1) is 11.6 Å². The molecule has 1 aromatic rings. The van der Waals surface area contributed by atoms with Gasteiger partial charge in [0.1, 0.15) is 0 Å². The maximum absolute atomic E-state index is 12.9. The zero-order valence-corrected chi connectivity index (χ0v) is 14.5. The number of carbonyl (C=O) groups excluding carboxylic acids is 2. The summed E-state index contributed by atoms with van der Waals surface area (Å²) in [4.78, 5) is 25.5. The number of urea groups is 1. The first kappa shape index (κ1) is 19.6. The van der Waals surface area contributed by atoms with Crippen molar-refractivity contribution >= 4 is 29.2 Å².